The van der Waals surface area contributed by atoms with Crippen molar-refractivity contribution in [1.29, 1.82) is 0 Å². The highest BCUT2D eigenvalue weighted by molar-refractivity contribution is 7.12. The van der Waals surface area contributed by atoms with Crippen molar-refractivity contribution in [3.05, 3.63) is 68.0 Å². The highest BCUT2D eigenvalue weighted by Gasteiger charge is 2.36. The van der Waals surface area contributed by atoms with Crippen molar-refractivity contribution in [3.8, 4) is 11.5 Å². The summed E-state index contributed by atoms with van der Waals surface area (Å²) in [5.74, 6) is 0.524. The Labute approximate surface area is 183 Å². The lowest BCUT2D eigenvalue weighted by molar-refractivity contribution is -0.125. The van der Waals surface area contributed by atoms with Crippen molar-refractivity contribution < 1.29 is 19.1 Å². The molecule has 160 valence electrons. The van der Waals surface area contributed by atoms with Crippen LogP contribution in [0.1, 0.15) is 20.8 Å². The summed E-state index contributed by atoms with van der Waals surface area (Å²) in [7, 11) is 4.65. The largest absolute Gasteiger partial charge is 0.493 e. The monoisotopic (exact) mass is 438 g/mol. The first kappa shape index (κ1) is 20.9. The van der Waals surface area contributed by atoms with Crippen LogP contribution in [0.4, 0.5) is 0 Å². The first-order valence-corrected chi connectivity index (χ1v) is 10.6. The van der Waals surface area contributed by atoms with Gasteiger partial charge in [0.1, 0.15) is 6.04 Å². The van der Waals surface area contributed by atoms with E-state index in [2.05, 4.69) is 5.32 Å². The smallest absolute Gasteiger partial charge is 0.265 e. The van der Waals surface area contributed by atoms with Crippen LogP contribution in [0.3, 0.4) is 0 Å². The van der Waals surface area contributed by atoms with E-state index in [1.165, 1.54) is 4.90 Å². The molecule has 3 aromatic rings. The average Bonchev–Trinajstić information content (AvgIpc) is 2.81. The van der Waals surface area contributed by atoms with Gasteiger partial charge >= 0.3 is 0 Å². The van der Waals surface area contributed by atoms with Gasteiger partial charge < -0.3 is 19.7 Å². The summed E-state index contributed by atoms with van der Waals surface area (Å²) >= 11 is 0.902. The lowest BCUT2D eigenvalue weighted by Crippen LogP contribution is -2.51. The van der Waals surface area contributed by atoms with E-state index in [1.807, 2.05) is 18.2 Å². The molecule has 7 nitrogen and oxygen atoms in total. The van der Waals surface area contributed by atoms with Gasteiger partial charge in [-0.3, -0.25) is 14.4 Å². The second kappa shape index (κ2) is 8.39. The summed E-state index contributed by atoms with van der Waals surface area (Å²) in [6, 6.07) is 11.9. The second-order valence-electron chi connectivity index (χ2n) is 7.23. The van der Waals surface area contributed by atoms with Gasteiger partial charge in [-0.05, 0) is 40.8 Å². The number of likely N-dealkylation sites (N-methyl/N-ethyl adjacent to an activating group) is 1. The Bertz CT molecular complexity index is 1240. The molecule has 0 aliphatic carbocycles. The summed E-state index contributed by atoms with van der Waals surface area (Å²) < 4.78 is 10.6. The third kappa shape index (κ3) is 3.74. The lowest BCUT2D eigenvalue weighted by atomic mass is 9.92. The standard InChI is InChI=1S/C23H22N2O5S/c1-24-21(26)17-8-14-9-18(29-2)19(30-3)10-15(14)12-25(17)22(27)20-11-13-6-4-5-7-16(13)23(28)31-20/h4-7,9-11,17H,8,12H2,1-3H3,(H,24,26). The zero-order valence-electron chi connectivity index (χ0n) is 17.4. The van der Waals surface area contributed by atoms with Crippen LogP contribution in [0.25, 0.3) is 10.8 Å². The highest BCUT2D eigenvalue weighted by Crippen LogP contribution is 2.35. The van der Waals surface area contributed by atoms with E-state index in [1.54, 1.807) is 45.5 Å². The molecule has 1 aromatic heterocycles. The van der Waals surface area contributed by atoms with E-state index in [-0.39, 0.29) is 23.1 Å². The van der Waals surface area contributed by atoms with Gasteiger partial charge in [0.05, 0.1) is 19.1 Å². The molecule has 1 atom stereocenters. The number of hydrogen-bond acceptors (Lipinski definition) is 6. The van der Waals surface area contributed by atoms with E-state index in [0.29, 0.717) is 33.6 Å². The maximum absolute atomic E-state index is 13.5. The minimum atomic E-state index is -0.697. The van der Waals surface area contributed by atoms with Crippen LogP contribution in [0.5, 0.6) is 11.5 Å². The number of nitrogens with one attached hydrogen (secondary N) is 1. The van der Waals surface area contributed by atoms with Gasteiger partial charge in [-0.25, -0.2) is 0 Å². The van der Waals surface area contributed by atoms with Gasteiger partial charge in [0.2, 0.25) is 10.6 Å². The fraction of sp³-hybridized carbons (Fsp3) is 0.261. The summed E-state index contributed by atoms with van der Waals surface area (Å²) in [6.07, 6.45) is 0.337. The second-order valence-corrected chi connectivity index (χ2v) is 8.24. The van der Waals surface area contributed by atoms with E-state index >= 15 is 0 Å². The topological polar surface area (TPSA) is 84.9 Å². The predicted molar refractivity (Wildman–Crippen MR) is 119 cm³/mol. The third-order valence-electron chi connectivity index (χ3n) is 5.53. The minimum absolute atomic E-state index is 0.179. The molecule has 0 bridgehead atoms. The molecule has 4 rings (SSSR count). The quantitative estimate of drug-likeness (QED) is 0.677. The first-order valence-electron chi connectivity index (χ1n) is 9.76. The lowest BCUT2D eigenvalue weighted by Gasteiger charge is -2.36. The van der Waals surface area contributed by atoms with Crippen molar-refractivity contribution in [2.75, 3.05) is 21.3 Å². The van der Waals surface area contributed by atoms with Gasteiger partial charge in [-0.1, -0.05) is 29.5 Å². The van der Waals surface area contributed by atoms with Gasteiger partial charge in [-0.15, -0.1) is 0 Å². The van der Waals surface area contributed by atoms with Crippen LogP contribution < -0.4 is 19.5 Å². The normalized spacial score (nSPS) is 15.3. The molecule has 1 aliphatic heterocycles. The molecular weight excluding hydrogens is 416 g/mol. The maximum Gasteiger partial charge on any atom is 0.265 e. The number of nitrogens with zero attached hydrogens (tertiary/aromatic N) is 1. The number of ether oxygens (including phenoxy) is 2. The zero-order valence-corrected chi connectivity index (χ0v) is 18.2. The molecule has 31 heavy (non-hydrogen) atoms. The molecule has 0 radical (unpaired) electrons. The molecule has 0 fully saturated rings. The summed E-state index contributed by atoms with van der Waals surface area (Å²) in [5.41, 5.74) is 1.79. The molecule has 1 aliphatic rings. The van der Waals surface area contributed by atoms with Crippen molar-refractivity contribution in [2.45, 2.75) is 19.0 Å². The Morgan fingerprint density at radius 1 is 1.06 bits per heavy atom. The van der Waals surface area contributed by atoms with E-state index < -0.39 is 6.04 Å². The van der Waals surface area contributed by atoms with E-state index in [9.17, 15) is 14.4 Å². The maximum atomic E-state index is 13.5. The first-order chi connectivity index (χ1) is 15.0. The Hall–Kier alpha value is -3.39. The molecule has 0 spiro atoms. The molecule has 0 saturated carbocycles. The van der Waals surface area contributed by atoms with Crippen LogP contribution in [0.15, 0.2) is 47.3 Å². The molecule has 0 saturated heterocycles. The molecule has 2 aromatic carbocycles. The number of benzene rings is 2. The fourth-order valence-corrected chi connectivity index (χ4v) is 4.79. The third-order valence-corrected chi connectivity index (χ3v) is 6.44. The van der Waals surface area contributed by atoms with Crippen LogP contribution in [-0.4, -0.2) is 44.0 Å². The molecular formula is C23H22N2O5S. The number of hydrogen-bond donors (Lipinski definition) is 1. The summed E-state index contributed by atoms with van der Waals surface area (Å²) in [6.45, 7) is 0.223. The number of carbonyl (C=O) groups is 2. The SMILES string of the molecule is CNC(=O)C1Cc2cc(OC)c(OC)cc2CN1C(=O)c1cc2ccccc2c(=O)s1. The van der Waals surface area contributed by atoms with Crippen molar-refractivity contribution in [2.24, 2.45) is 0 Å². The number of methoxy groups -OCH3 is 2. The van der Waals surface area contributed by atoms with Crippen molar-refractivity contribution in [3.63, 3.8) is 0 Å². The molecule has 1 N–H and O–H groups in total. The predicted octanol–water partition coefficient (Wildman–Crippen LogP) is 2.59. The summed E-state index contributed by atoms with van der Waals surface area (Å²) in [4.78, 5) is 40.5. The fourth-order valence-electron chi connectivity index (χ4n) is 3.91. The van der Waals surface area contributed by atoms with E-state index in [0.717, 1.165) is 22.5 Å². The van der Waals surface area contributed by atoms with Crippen LogP contribution in [0, 0.1) is 0 Å². The zero-order chi connectivity index (χ0) is 22.1. The van der Waals surface area contributed by atoms with Crippen LogP contribution in [-0.2, 0) is 17.8 Å². The highest BCUT2D eigenvalue weighted by atomic mass is 32.1. The Balaban J connectivity index is 1.78. The Morgan fingerprint density at radius 2 is 1.74 bits per heavy atom. The molecule has 2 amide bonds. The Morgan fingerprint density at radius 3 is 2.42 bits per heavy atom. The minimum Gasteiger partial charge on any atom is -0.493 e. The summed E-state index contributed by atoms with van der Waals surface area (Å²) in [5, 5.41) is 3.93. The molecule has 1 unspecified atom stereocenters. The Kier molecular flexibility index (Phi) is 5.65. The number of amides is 2. The van der Waals surface area contributed by atoms with E-state index in [4.69, 9.17) is 9.47 Å². The number of rotatable bonds is 4. The van der Waals surface area contributed by atoms with Gasteiger partial charge in [0.15, 0.2) is 11.5 Å². The average molecular weight is 439 g/mol. The molecule has 2 heterocycles. The van der Waals surface area contributed by atoms with Crippen molar-refractivity contribution >= 4 is 33.9 Å². The van der Waals surface area contributed by atoms with Crippen LogP contribution >= 0.6 is 11.3 Å². The number of fused-ring (bicyclic) bond motifs is 2. The van der Waals surface area contributed by atoms with Crippen molar-refractivity contribution in [1.82, 2.24) is 10.2 Å². The van der Waals surface area contributed by atoms with Gasteiger partial charge in [0.25, 0.3) is 5.91 Å². The van der Waals surface area contributed by atoms with Gasteiger partial charge in [-0.2, -0.15) is 0 Å². The number of carbonyl (C=O) groups excluding carboxylic acids is 2. The molecule has 8 heteroatoms. The van der Waals surface area contributed by atoms with Crippen LogP contribution in [0.2, 0.25) is 0 Å². The van der Waals surface area contributed by atoms with Gasteiger partial charge in [0, 0.05) is 25.4 Å².